The number of ether oxygens (including phenoxy) is 1. The maximum absolute atomic E-state index is 13.6. The molecule has 0 spiro atoms. The fourth-order valence-corrected chi connectivity index (χ4v) is 6.60. The van der Waals surface area contributed by atoms with Gasteiger partial charge in [-0.15, -0.1) is 0 Å². The zero-order chi connectivity index (χ0) is 30.5. The number of hydrogen-bond donors (Lipinski definition) is 3. The molecule has 42 heavy (non-hydrogen) atoms. The van der Waals surface area contributed by atoms with E-state index in [2.05, 4.69) is 22.1 Å². The van der Waals surface area contributed by atoms with Gasteiger partial charge in [0.15, 0.2) is 0 Å². The second-order valence-corrected chi connectivity index (χ2v) is 14.5. The summed E-state index contributed by atoms with van der Waals surface area (Å²) < 4.78 is 20.4. The number of aromatic nitrogens is 1. The highest BCUT2D eigenvalue weighted by molar-refractivity contribution is 7.84. The third kappa shape index (κ3) is 8.25. The molecular weight excluding hydrogens is 552 g/mol. The molecule has 1 aromatic carbocycles. The molecule has 0 saturated carbocycles. The molecule has 1 aromatic heterocycles. The van der Waals surface area contributed by atoms with Crippen LogP contribution in [0.4, 0.5) is 0 Å². The predicted octanol–water partition coefficient (Wildman–Crippen LogP) is 3.02. The van der Waals surface area contributed by atoms with E-state index in [-0.39, 0.29) is 18.6 Å². The molecule has 2 atom stereocenters. The van der Waals surface area contributed by atoms with Crippen LogP contribution >= 0.6 is 0 Å². The summed E-state index contributed by atoms with van der Waals surface area (Å²) in [6, 6.07) is 9.02. The van der Waals surface area contributed by atoms with Crippen LogP contribution in [0.5, 0.6) is 0 Å². The molecule has 2 aliphatic heterocycles. The lowest BCUT2D eigenvalue weighted by Gasteiger charge is -2.30. The van der Waals surface area contributed by atoms with Crippen LogP contribution in [0.2, 0.25) is 0 Å². The number of benzene rings is 1. The molecule has 0 unspecified atom stereocenters. The normalized spacial score (nSPS) is 18.7. The van der Waals surface area contributed by atoms with Crippen molar-refractivity contribution in [2.75, 3.05) is 46.0 Å². The number of hydrogen-bond acceptors (Lipinski definition) is 7. The fraction of sp³-hybridized carbons (Fsp3) is 0.562. The van der Waals surface area contributed by atoms with E-state index in [0.29, 0.717) is 36.5 Å². The van der Waals surface area contributed by atoms with Crippen LogP contribution in [0.3, 0.4) is 0 Å². The summed E-state index contributed by atoms with van der Waals surface area (Å²) in [4.78, 5) is 20.6. The highest BCUT2D eigenvalue weighted by Crippen LogP contribution is 2.44. The van der Waals surface area contributed by atoms with Crippen LogP contribution in [0.25, 0.3) is 11.3 Å². The zero-order valence-corrected chi connectivity index (χ0v) is 26.2. The number of carbonyl (C=O) groups excluding carboxylic acids is 1. The minimum Gasteiger partial charge on any atom is -0.396 e. The Bertz CT molecular complexity index is 1350. The Morgan fingerprint density at radius 1 is 1.19 bits per heavy atom. The van der Waals surface area contributed by atoms with Crippen LogP contribution in [-0.2, 0) is 22.3 Å². The van der Waals surface area contributed by atoms with E-state index in [1.807, 2.05) is 49.3 Å². The first-order valence-electron chi connectivity index (χ1n) is 14.6. The summed E-state index contributed by atoms with van der Waals surface area (Å²) in [5.74, 6) is 5.62. The molecule has 2 aromatic rings. The molecule has 3 heterocycles. The predicted molar refractivity (Wildman–Crippen MR) is 165 cm³/mol. The van der Waals surface area contributed by atoms with Gasteiger partial charge in [-0.05, 0) is 77.8 Å². The Hall–Kier alpha value is -2.65. The van der Waals surface area contributed by atoms with Crippen molar-refractivity contribution in [1.82, 2.24) is 19.5 Å². The smallest absolute Gasteiger partial charge is 0.269 e. The summed E-state index contributed by atoms with van der Waals surface area (Å²) >= 11 is 0. The minimum atomic E-state index is -1.35. The van der Waals surface area contributed by atoms with Crippen molar-refractivity contribution in [3.05, 3.63) is 52.7 Å². The molecule has 228 valence electrons. The molecule has 9 nitrogen and oxygen atoms in total. The lowest BCUT2D eigenvalue weighted by atomic mass is 9.95. The minimum absolute atomic E-state index is 0.0795. The number of rotatable bonds is 9. The lowest BCUT2D eigenvalue weighted by molar-refractivity contribution is 0.0374. The van der Waals surface area contributed by atoms with Gasteiger partial charge in [-0.2, -0.15) is 0 Å². The van der Waals surface area contributed by atoms with E-state index in [1.165, 1.54) is 0 Å². The number of carbonyl (C=O) groups is 1. The van der Waals surface area contributed by atoms with Crippen LogP contribution < -0.4 is 5.32 Å². The van der Waals surface area contributed by atoms with Crippen molar-refractivity contribution in [3.63, 3.8) is 0 Å². The van der Waals surface area contributed by atoms with Gasteiger partial charge >= 0.3 is 0 Å². The zero-order valence-electron chi connectivity index (χ0n) is 25.4. The number of nitrogens with one attached hydrogen (secondary N) is 1. The average molecular weight is 597 g/mol. The molecular formula is C32H44N4O5S. The Labute approximate surface area is 252 Å². The van der Waals surface area contributed by atoms with Gasteiger partial charge in [-0.25, -0.2) is 13.5 Å². The van der Waals surface area contributed by atoms with Gasteiger partial charge in [-0.3, -0.25) is 9.69 Å². The summed E-state index contributed by atoms with van der Waals surface area (Å²) in [6.45, 7) is 14.1. The van der Waals surface area contributed by atoms with E-state index >= 15 is 0 Å². The van der Waals surface area contributed by atoms with E-state index in [1.54, 1.807) is 19.9 Å². The Morgan fingerprint density at radius 3 is 2.60 bits per heavy atom. The highest BCUT2D eigenvalue weighted by Gasteiger charge is 2.40. The van der Waals surface area contributed by atoms with E-state index in [9.17, 15) is 19.2 Å². The van der Waals surface area contributed by atoms with E-state index < -0.39 is 21.3 Å². The Balaban J connectivity index is 1.69. The first-order chi connectivity index (χ1) is 19.9. The molecule has 2 aliphatic rings. The number of aliphatic hydroxyl groups is 2. The van der Waals surface area contributed by atoms with Crippen LogP contribution in [0.15, 0.2) is 30.3 Å². The van der Waals surface area contributed by atoms with E-state index in [0.717, 1.165) is 56.0 Å². The fourth-order valence-electron chi connectivity index (χ4n) is 5.19. The topological polar surface area (TPSA) is 115 Å². The van der Waals surface area contributed by atoms with Crippen molar-refractivity contribution < 1.29 is 24.0 Å². The molecule has 4 rings (SSSR count). The molecule has 3 N–H and O–H groups in total. The third-order valence-corrected chi connectivity index (χ3v) is 9.07. The monoisotopic (exact) mass is 596 g/mol. The number of fused-ring (bicyclic) bond motifs is 1. The first-order valence-corrected chi connectivity index (χ1v) is 15.8. The summed E-state index contributed by atoms with van der Waals surface area (Å²) in [6.07, 6.45) is 1.21. The Kier molecular flexibility index (Phi) is 10.6. The lowest BCUT2D eigenvalue weighted by Crippen LogP contribution is -2.38. The number of aliphatic hydroxyl groups excluding tert-OH is 1. The summed E-state index contributed by atoms with van der Waals surface area (Å²) in [5.41, 5.74) is 3.00. The van der Waals surface area contributed by atoms with Gasteiger partial charge in [0, 0.05) is 49.5 Å². The molecule has 10 heteroatoms. The van der Waals surface area contributed by atoms with E-state index in [4.69, 9.17) is 9.72 Å². The quantitative estimate of drug-likeness (QED) is 0.301. The number of morpholine rings is 1. The molecule has 0 aliphatic carbocycles. The van der Waals surface area contributed by atoms with Crippen LogP contribution in [0, 0.1) is 11.8 Å². The number of nitrogens with zero attached hydrogens (tertiary/aromatic N) is 3. The molecule has 0 bridgehead atoms. The second-order valence-electron chi connectivity index (χ2n) is 12.3. The number of pyridine rings is 1. The first kappa shape index (κ1) is 32.3. The van der Waals surface area contributed by atoms with Gasteiger partial charge in [-0.1, -0.05) is 24.0 Å². The summed E-state index contributed by atoms with van der Waals surface area (Å²) in [7, 11) is -1.35. The van der Waals surface area contributed by atoms with Gasteiger partial charge < -0.3 is 20.3 Å². The largest absolute Gasteiger partial charge is 0.396 e. The van der Waals surface area contributed by atoms with Gasteiger partial charge in [0.1, 0.15) is 22.3 Å². The molecule has 1 saturated heterocycles. The molecule has 1 fully saturated rings. The molecule has 1 amide bonds. The summed E-state index contributed by atoms with van der Waals surface area (Å²) in [5, 5.41) is 23.1. The van der Waals surface area contributed by atoms with Crippen molar-refractivity contribution in [1.29, 1.82) is 0 Å². The average Bonchev–Trinajstić information content (AvgIpc) is 3.31. The SMILES string of the molecule is CC(C)(O)C#Cc1cccc(-c2nc(C(=O)NCCCN3CCOCC3)cc3c2[C@H](CCO)N([S@@](=O)C(C)(C)C)C3)c1. The van der Waals surface area contributed by atoms with Crippen LogP contribution in [-0.4, -0.2) is 90.9 Å². The maximum Gasteiger partial charge on any atom is 0.269 e. The number of amides is 1. The third-order valence-electron chi connectivity index (χ3n) is 7.21. The van der Waals surface area contributed by atoms with Crippen molar-refractivity contribution in [2.45, 2.75) is 70.4 Å². The second kappa shape index (κ2) is 13.8. The molecule has 0 radical (unpaired) electrons. The van der Waals surface area contributed by atoms with Gasteiger partial charge in [0.25, 0.3) is 5.91 Å². The Morgan fingerprint density at radius 2 is 1.93 bits per heavy atom. The van der Waals surface area contributed by atoms with Gasteiger partial charge in [0.2, 0.25) is 0 Å². The maximum atomic E-state index is 13.6. The van der Waals surface area contributed by atoms with Crippen molar-refractivity contribution in [2.24, 2.45) is 0 Å². The van der Waals surface area contributed by atoms with Crippen LogP contribution in [0.1, 0.15) is 80.7 Å². The highest BCUT2D eigenvalue weighted by atomic mass is 32.2. The van der Waals surface area contributed by atoms with Gasteiger partial charge in [0.05, 0.1) is 29.7 Å². The van der Waals surface area contributed by atoms with Crippen molar-refractivity contribution >= 4 is 16.9 Å². The standard InChI is InChI=1S/C32H44N4O5S/c1-31(2,3)42(40)36-22-25-21-26(30(38)33-13-7-14-35-15-18-41-19-16-35)34-29(28(25)27(36)11-17-37)24-9-6-8-23(20-24)10-12-32(4,5)39/h6,8-9,20-21,27,37,39H,7,11,13-19,22H2,1-5H3,(H,33,38)/t27-,42-/m0/s1. The van der Waals surface area contributed by atoms with Crippen molar-refractivity contribution in [3.8, 4) is 23.1 Å².